The van der Waals surface area contributed by atoms with Crippen molar-refractivity contribution in [1.29, 1.82) is 0 Å². The Labute approximate surface area is 108 Å². The van der Waals surface area contributed by atoms with Crippen molar-refractivity contribution in [2.45, 2.75) is 32.1 Å². The molecule has 100 valence electrons. The van der Waals surface area contributed by atoms with Crippen LogP contribution in [0.1, 0.15) is 24.2 Å². The summed E-state index contributed by atoms with van der Waals surface area (Å²) in [6.07, 6.45) is 2.16. The van der Waals surface area contributed by atoms with E-state index in [0.717, 1.165) is 51.4 Å². The molecular formula is C13H21N3O2. The van der Waals surface area contributed by atoms with Crippen LogP contribution in [0.3, 0.4) is 0 Å². The van der Waals surface area contributed by atoms with Crippen molar-refractivity contribution in [3.05, 3.63) is 17.5 Å². The molecule has 0 atom stereocenters. The molecule has 1 aromatic rings. The molecule has 0 saturated carbocycles. The van der Waals surface area contributed by atoms with E-state index in [1.54, 1.807) is 0 Å². The van der Waals surface area contributed by atoms with Crippen LogP contribution >= 0.6 is 0 Å². The molecule has 0 radical (unpaired) electrons. The van der Waals surface area contributed by atoms with Gasteiger partial charge < -0.3 is 9.47 Å². The van der Waals surface area contributed by atoms with Crippen molar-refractivity contribution in [3.63, 3.8) is 0 Å². The maximum atomic E-state index is 5.80. The van der Waals surface area contributed by atoms with Crippen molar-refractivity contribution in [1.82, 2.24) is 14.7 Å². The zero-order chi connectivity index (χ0) is 12.6. The molecular weight excluding hydrogens is 230 g/mol. The number of nitrogens with zero attached hydrogens (tertiary/aromatic N) is 3. The number of aromatic nitrogens is 2. The number of rotatable bonds is 2. The van der Waals surface area contributed by atoms with E-state index in [0.29, 0.717) is 0 Å². The Kier molecular flexibility index (Phi) is 3.13. The lowest BCUT2D eigenvalue weighted by Crippen LogP contribution is -2.48. The summed E-state index contributed by atoms with van der Waals surface area (Å²) in [6.45, 7) is 6.41. The van der Waals surface area contributed by atoms with E-state index in [2.05, 4.69) is 16.1 Å². The molecule has 3 heterocycles. The summed E-state index contributed by atoms with van der Waals surface area (Å²) < 4.78 is 13.6. The number of piperidine rings is 1. The molecule has 0 amide bonds. The molecule has 18 heavy (non-hydrogen) atoms. The number of hydrogen-bond donors (Lipinski definition) is 0. The van der Waals surface area contributed by atoms with Gasteiger partial charge in [0.1, 0.15) is 0 Å². The Balaban J connectivity index is 1.67. The van der Waals surface area contributed by atoms with E-state index in [-0.39, 0.29) is 5.79 Å². The minimum Gasteiger partial charge on any atom is -0.346 e. The van der Waals surface area contributed by atoms with E-state index < -0.39 is 0 Å². The highest BCUT2D eigenvalue weighted by molar-refractivity contribution is 5.08. The second-order valence-electron chi connectivity index (χ2n) is 5.32. The molecule has 2 aliphatic rings. The maximum absolute atomic E-state index is 5.80. The number of ether oxygens (including phenoxy) is 2. The Bertz CT molecular complexity index is 424. The van der Waals surface area contributed by atoms with Gasteiger partial charge in [0.25, 0.3) is 0 Å². The van der Waals surface area contributed by atoms with Crippen molar-refractivity contribution in [3.8, 4) is 0 Å². The van der Waals surface area contributed by atoms with Crippen LogP contribution in [-0.2, 0) is 23.1 Å². The monoisotopic (exact) mass is 251 g/mol. The summed E-state index contributed by atoms with van der Waals surface area (Å²) in [7, 11) is 2.00. The lowest BCUT2D eigenvalue weighted by molar-refractivity contribution is -0.190. The van der Waals surface area contributed by atoms with Gasteiger partial charge in [0.05, 0.1) is 31.1 Å². The first kappa shape index (κ1) is 12.1. The molecule has 5 heteroatoms. The van der Waals surface area contributed by atoms with Gasteiger partial charge in [-0.15, -0.1) is 0 Å². The third-order valence-corrected chi connectivity index (χ3v) is 3.79. The first-order valence-electron chi connectivity index (χ1n) is 6.67. The fourth-order valence-electron chi connectivity index (χ4n) is 2.98. The molecule has 0 bridgehead atoms. The number of hydrogen-bond acceptors (Lipinski definition) is 4. The van der Waals surface area contributed by atoms with Gasteiger partial charge in [0, 0.05) is 20.0 Å². The highest BCUT2D eigenvalue weighted by atomic mass is 16.7. The standard InChI is InChI=1S/C13H21N3O2/c1-11-8-12(15(2)14-11)9-16-5-3-4-13(10-16)17-6-7-18-13/h8H,3-7,9-10H2,1-2H3. The fraction of sp³-hybridized carbons (Fsp3) is 0.769. The van der Waals surface area contributed by atoms with Gasteiger partial charge in [-0.25, -0.2) is 0 Å². The Morgan fingerprint density at radius 1 is 1.39 bits per heavy atom. The van der Waals surface area contributed by atoms with Crippen molar-refractivity contribution in [2.24, 2.45) is 7.05 Å². The van der Waals surface area contributed by atoms with E-state index in [4.69, 9.17) is 9.47 Å². The van der Waals surface area contributed by atoms with Crippen LogP contribution in [0.4, 0.5) is 0 Å². The van der Waals surface area contributed by atoms with Gasteiger partial charge >= 0.3 is 0 Å². The van der Waals surface area contributed by atoms with Crippen molar-refractivity contribution >= 4 is 0 Å². The summed E-state index contributed by atoms with van der Waals surface area (Å²) in [5.74, 6) is -0.327. The van der Waals surface area contributed by atoms with Gasteiger partial charge in [0.15, 0.2) is 5.79 Å². The second kappa shape index (κ2) is 4.64. The predicted octanol–water partition coefficient (Wildman–Crippen LogP) is 1.07. The first-order valence-corrected chi connectivity index (χ1v) is 6.67. The lowest BCUT2D eigenvalue weighted by atomic mass is 10.0. The van der Waals surface area contributed by atoms with Gasteiger partial charge in [-0.1, -0.05) is 0 Å². The van der Waals surface area contributed by atoms with E-state index in [1.165, 1.54) is 5.69 Å². The molecule has 2 saturated heterocycles. The minimum absolute atomic E-state index is 0.327. The molecule has 0 aromatic carbocycles. The molecule has 1 aromatic heterocycles. The molecule has 3 rings (SSSR count). The average molecular weight is 251 g/mol. The quantitative estimate of drug-likeness (QED) is 0.788. The molecule has 0 aliphatic carbocycles. The molecule has 1 spiro atoms. The van der Waals surface area contributed by atoms with Crippen LogP contribution in [-0.4, -0.2) is 46.8 Å². The van der Waals surface area contributed by atoms with Gasteiger partial charge in [-0.2, -0.15) is 5.10 Å². The van der Waals surface area contributed by atoms with Crippen LogP contribution < -0.4 is 0 Å². The lowest BCUT2D eigenvalue weighted by Gasteiger charge is -2.38. The number of aryl methyl sites for hydroxylation is 2. The van der Waals surface area contributed by atoms with Crippen LogP contribution in [0.25, 0.3) is 0 Å². The topological polar surface area (TPSA) is 39.5 Å². The number of likely N-dealkylation sites (tertiary alicyclic amines) is 1. The summed E-state index contributed by atoms with van der Waals surface area (Å²) in [4.78, 5) is 2.41. The van der Waals surface area contributed by atoms with Crippen LogP contribution in [0, 0.1) is 6.92 Å². The smallest absolute Gasteiger partial charge is 0.181 e. The Hall–Kier alpha value is -0.910. The highest BCUT2D eigenvalue weighted by Gasteiger charge is 2.40. The molecule has 2 fully saturated rings. The molecule has 5 nitrogen and oxygen atoms in total. The molecule has 2 aliphatic heterocycles. The normalized spacial score (nSPS) is 23.9. The Morgan fingerprint density at radius 2 is 2.17 bits per heavy atom. The highest BCUT2D eigenvalue weighted by Crippen LogP contribution is 2.30. The first-order chi connectivity index (χ1) is 8.67. The predicted molar refractivity (Wildman–Crippen MR) is 67.1 cm³/mol. The van der Waals surface area contributed by atoms with Crippen molar-refractivity contribution in [2.75, 3.05) is 26.3 Å². The summed E-state index contributed by atoms with van der Waals surface area (Å²) >= 11 is 0. The average Bonchev–Trinajstić information content (AvgIpc) is 2.88. The zero-order valence-corrected chi connectivity index (χ0v) is 11.2. The Morgan fingerprint density at radius 3 is 2.83 bits per heavy atom. The molecule has 0 N–H and O–H groups in total. The van der Waals surface area contributed by atoms with E-state index >= 15 is 0 Å². The summed E-state index contributed by atoms with van der Waals surface area (Å²) in [5.41, 5.74) is 2.33. The molecule has 0 unspecified atom stereocenters. The third kappa shape index (κ3) is 2.30. The van der Waals surface area contributed by atoms with Gasteiger partial charge in [-0.05, 0) is 26.0 Å². The zero-order valence-electron chi connectivity index (χ0n) is 11.2. The van der Waals surface area contributed by atoms with E-state index in [9.17, 15) is 0 Å². The fourth-order valence-corrected chi connectivity index (χ4v) is 2.98. The minimum atomic E-state index is -0.327. The summed E-state index contributed by atoms with van der Waals surface area (Å²) in [5, 5.41) is 4.39. The second-order valence-corrected chi connectivity index (χ2v) is 5.32. The SMILES string of the molecule is Cc1cc(CN2CCCC3(C2)OCCO3)n(C)n1. The third-order valence-electron chi connectivity index (χ3n) is 3.79. The van der Waals surface area contributed by atoms with E-state index in [1.807, 2.05) is 18.7 Å². The van der Waals surface area contributed by atoms with Gasteiger partial charge in [0.2, 0.25) is 0 Å². The van der Waals surface area contributed by atoms with Gasteiger partial charge in [-0.3, -0.25) is 9.58 Å². The van der Waals surface area contributed by atoms with Crippen LogP contribution in [0.5, 0.6) is 0 Å². The maximum Gasteiger partial charge on any atom is 0.181 e. The van der Waals surface area contributed by atoms with Crippen molar-refractivity contribution < 1.29 is 9.47 Å². The largest absolute Gasteiger partial charge is 0.346 e. The summed E-state index contributed by atoms with van der Waals surface area (Å²) in [6, 6.07) is 2.15. The van der Waals surface area contributed by atoms with Crippen LogP contribution in [0.2, 0.25) is 0 Å². The van der Waals surface area contributed by atoms with Crippen LogP contribution in [0.15, 0.2) is 6.07 Å².